The molecular formula is C15H22ClN3O. The molecule has 1 heterocycles. The number of hydrogen-bond donors (Lipinski definition) is 2. The first kappa shape index (κ1) is 15.1. The molecule has 1 fully saturated rings. The van der Waals surface area contributed by atoms with Crippen LogP contribution in [0.2, 0.25) is 5.02 Å². The molecule has 1 amide bonds. The van der Waals surface area contributed by atoms with Crippen LogP contribution in [0.3, 0.4) is 0 Å². The van der Waals surface area contributed by atoms with E-state index in [9.17, 15) is 4.79 Å². The van der Waals surface area contributed by atoms with Gasteiger partial charge in [0.05, 0.1) is 10.6 Å². The van der Waals surface area contributed by atoms with E-state index < -0.39 is 0 Å². The number of amides is 1. The lowest BCUT2D eigenvalue weighted by Gasteiger charge is -2.18. The summed E-state index contributed by atoms with van der Waals surface area (Å²) >= 11 is 6.06. The topological polar surface area (TPSA) is 44.4 Å². The Balaban J connectivity index is 2.07. The fraction of sp³-hybridized carbons (Fsp3) is 0.533. The predicted octanol–water partition coefficient (Wildman–Crippen LogP) is 2.60. The SMILES string of the molecule is CNC(=O)c1cc(NC2CCCN(C)CC2)ccc1Cl. The summed E-state index contributed by atoms with van der Waals surface area (Å²) in [6, 6.07) is 6.00. The van der Waals surface area contributed by atoms with Crippen LogP contribution in [0.15, 0.2) is 18.2 Å². The standard InChI is InChI=1S/C15H22ClN3O/c1-17-15(20)13-10-12(5-6-14(13)16)18-11-4-3-8-19(2)9-7-11/h5-6,10-11,18H,3-4,7-9H2,1-2H3,(H,17,20). The summed E-state index contributed by atoms with van der Waals surface area (Å²) < 4.78 is 0. The minimum Gasteiger partial charge on any atom is -0.382 e. The van der Waals surface area contributed by atoms with E-state index in [1.54, 1.807) is 13.1 Å². The molecule has 2 rings (SSSR count). The second kappa shape index (κ2) is 6.95. The van der Waals surface area contributed by atoms with Crippen LogP contribution in [-0.4, -0.2) is 44.0 Å². The highest BCUT2D eigenvalue weighted by Crippen LogP contribution is 2.23. The van der Waals surface area contributed by atoms with Gasteiger partial charge in [0.2, 0.25) is 0 Å². The van der Waals surface area contributed by atoms with Crippen LogP contribution >= 0.6 is 11.6 Å². The number of nitrogens with one attached hydrogen (secondary N) is 2. The Kier molecular flexibility index (Phi) is 5.26. The Bertz CT molecular complexity index is 478. The van der Waals surface area contributed by atoms with Crippen LogP contribution in [-0.2, 0) is 0 Å². The highest BCUT2D eigenvalue weighted by atomic mass is 35.5. The van der Waals surface area contributed by atoms with Crippen molar-refractivity contribution in [3.63, 3.8) is 0 Å². The molecule has 1 aromatic carbocycles. The van der Waals surface area contributed by atoms with E-state index >= 15 is 0 Å². The van der Waals surface area contributed by atoms with Crippen LogP contribution < -0.4 is 10.6 Å². The lowest BCUT2D eigenvalue weighted by atomic mass is 10.1. The Morgan fingerprint density at radius 3 is 2.90 bits per heavy atom. The van der Waals surface area contributed by atoms with Crippen LogP contribution in [0, 0.1) is 0 Å². The summed E-state index contributed by atoms with van der Waals surface area (Å²) in [5.74, 6) is -0.153. The molecule has 20 heavy (non-hydrogen) atoms. The summed E-state index contributed by atoms with van der Waals surface area (Å²) in [7, 11) is 3.77. The van der Waals surface area contributed by atoms with Crippen molar-refractivity contribution in [1.29, 1.82) is 0 Å². The average Bonchev–Trinajstić information content (AvgIpc) is 2.65. The number of nitrogens with zero attached hydrogens (tertiary/aromatic N) is 1. The second-order valence-corrected chi connectivity index (χ2v) is 5.76. The zero-order chi connectivity index (χ0) is 14.5. The minimum atomic E-state index is -0.153. The first-order chi connectivity index (χ1) is 9.60. The Morgan fingerprint density at radius 2 is 2.15 bits per heavy atom. The molecule has 1 aliphatic rings. The normalized spacial score (nSPS) is 20.2. The molecule has 1 atom stereocenters. The van der Waals surface area contributed by atoms with Crippen molar-refractivity contribution >= 4 is 23.2 Å². The molecule has 0 saturated carbocycles. The first-order valence-electron chi connectivity index (χ1n) is 7.07. The summed E-state index contributed by atoms with van der Waals surface area (Å²) in [5, 5.41) is 6.62. The van der Waals surface area contributed by atoms with Gasteiger partial charge in [-0.1, -0.05) is 11.6 Å². The number of carbonyl (C=O) groups excluding carboxylic acids is 1. The fourth-order valence-corrected chi connectivity index (χ4v) is 2.75. The van der Waals surface area contributed by atoms with E-state index in [0.29, 0.717) is 16.6 Å². The highest BCUT2D eigenvalue weighted by molar-refractivity contribution is 6.34. The van der Waals surface area contributed by atoms with E-state index in [2.05, 4.69) is 22.6 Å². The van der Waals surface area contributed by atoms with Gasteiger partial charge in [-0.3, -0.25) is 4.79 Å². The summed E-state index contributed by atoms with van der Waals surface area (Å²) in [6.45, 7) is 2.26. The largest absolute Gasteiger partial charge is 0.382 e. The molecule has 0 spiro atoms. The Morgan fingerprint density at radius 1 is 1.35 bits per heavy atom. The first-order valence-corrected chi connectivity index (χ1v) is 7.44. The molecule has 0 aromatic heterocycles. The molecule has 0 radical (unpaired) electrons. The van der Waals surface area contributed by atoms with Crippen LogP contribution in [0.4, 0.5) is 5.69 Å². The highest BCUT2D eigenvalue weighted by Gasteiger charge is 2.16. The zero-order valence-corrected chi connectivity index (χ0v) is 12.8. The molecular weight excluding hydrogens is 274 g/mol. The number of likely N-dealkylation sites (tertiary alicyclic amines) is 1. The molecule has 5 heteroatoms. The monoisotopic (exact) mass is 295 g/mol. The maximum absolute atomic E-state index is 11.7. The molecule has 110 valence electrons. The molecule has 0 aliphatic carbocycles. The van der Waals surface area contributed by atoms with Gasteiger partial charge in [-0.05, 0) is 57.6 Å². The third-order valence-corrected chi connectivity index (χ3v) is 4.09. The lowest BCUT2D eigenvalue weighted by molar-refractivity contribution is 0.0963. The summed E-state index contributed by atoms with van der Waals surface area (Å²) in [4.78, 5) is 14.1. The Labute approximate surface area is 125 Å². The number of rotatable bonds is 3. The van der Waals surface area contributed by atoms with Crippen molar-refractivity contribution in [2.75, 3.05) is 32.5 Å². The van der Waals surface area contributed by atoms with Gasteiger partial charge >= 0.3 is 0 Å². The molecule has 1 unspecified atom stereocenters. The molecule has 0 bridgehead atoms. The summed E-state index contributed by atoms with van der Waals surface area (Å²) in [6.07, 6.45) is 3.47. The van der Waals surface area contributed by atoms with Crippen molar-refractivity contribution < 1.29 is 4.79 Å². The smallest absolute Gasteiger partial charge is 0.252 e. The third-order valence-electron chi connectivity index (χ3n) is 3.76. The third kappa shape index (κ3) is 3.87. The zero-order valence-electron chi connectivity index (χ0n) is 12.1. The molecule has 1 aromatic rings. The molecule has 4 nitrogen and oxygen atoms in total. The van der Waals surface area contributed by atoms with Crippen molar-refractivity contribution in [1.82, 2.24) is 10.2 Å². The van der Waals surface area contributed by atoms with Crippen molar-refractivity contribution in [2.24, 2.45) is 0 Å². The Hall–Kier alpha value is -1.26. The van der Waals surface area contributed by atoms with Crippen molar-refractivity contribution in [3.05, 3.63) is 28.8 Å². The van der Waals surface area contributed by atoms with E-state index in [1.165, 1.54) is 6.42 Å². The van der Waals surface area contributed by atoms with Gasteiger partial charge in [0.1, 0.15) is 0 Å². The average molecular weight is 296 g/mol. The van der Waals surface area contributed by atoms with Gasteiger partial charge in [-0.15, -0.1) is 0 Å². The number of carbonyl (C=O) groups is 1. The molecule has 1 aliphatic heterocycles. The van der Waals surface area contributed by atoms with Gasteiger partial charge in [0.15, 0.2) is 0 Å². The predicted molar refractivity (Wildman–Crippen MR) is 83.6 cm³/mol. The van der Waals surface area contributed by atoms with Crippen molar-refractivity contribution in [2.45, 2.75) is 25.3 Å². The number of halogens is 1. The van der Waals surface area contributed by atoms with Crippen LogP contribution in [0.5, 0.6) is 0 Å². The quantitative estimate of drug-likeness (QED) is 0.901. The molecule has 2 N–H and O–H groups in total. The summed E-state index contributed by atoms with van der Waals surface area (Å²) in [5.41, 5.74) is 1.48. The minimum absolute atomic E-state index is 0.153. The van der Waals surface area contributed by atoms with Gasteiger partial charge in [-0.25, -0.2) is 0 Å². The van der Waals surface area contributed by atoms with E-state index in [0.717, 1.165) is 31.6 Å². The van der Waals surface area contributed by atoms with Crippen LogP contribution in [0.1, 0.15) is 29.6 Å². The van der Waals surface area contributed by atoms with E-state index in [1.807, 2.05) is 12.1 Å². The van der Waals surface area contributed by atoms with E-state index in [-0.39, 0.29) is 5.91 Å². The number of anilines is 1. The van der Waals surface area contributed by atoms with Crippen molar-refractivity contribution in [3.8, 4) is 0 Å². The maximum atomic E-state index is 11.7. The van der Waals surface area contributed by atoms with Gasteiger partial charge < -0.3 is 15.5 Å². The number of benzene rings is 1. The van der Waals surface area contributed by atoms with Gasteiger partial charge in [-0.2, -0.15) is 0 Å². The van der Waals surface area contributed by atoms with Crippen LogP contribution in [0.25, 0.3) is 0 Å². The lowest BCUT2D eigenvalue weighted by Crippen LogP contribution is -2.23. The molecule has 1 saturated heterocycles. The second-order valence-electron chi connectivity index (χ2n) is 5.35. The maximum Gasteiger partial charge on any atom is 0.252 e. The van der Waals surface area contributed by atoms with Gasteiger partial charge in [0.25, 0.3) is 5.91 Å². The van der Waals surface area contributed by atoms with Gasteiger partial charge in [0, 0.05) is 18.8 Å². The fourth-order valence-electron chi connectivity index (χ4n) is 2.54. The van der Waals surface area contributed by atoms with E-state index in [4.69, 9.17) is 11.6 Å². The number of hydrogen-bond acceptors (Lipinski definition) is 3.